The molecule has 5 nitrogen and oxygen atoms in total. The molecule has 2 aliphatic heterocycles. The zero-order valence-electron chi connectivity index (χ0n) is 14.3. The molecule has 1 aliphatic carbocycles. The lowest BCUT2D eigenvalue weighted by Gasteiger charge is -2.32. The van der Waals surface area contributed by atoms with E-state index in [4.69, 9.17) is 5.73 Å². The van der Waals surface area contributed by atoms with E-state index >= 15 is 0 Å². The van der Waals surface area contributed by atoms with Gasteiger partial charge < -0.3 is 16.0 Å². The molecule has 0 radical (unpaired) electrons. The topological polar surface area (TPSA) is 75.4 Å². The molecule has 6 heteroatoms. The second-order valence-corrected chi connectivity index (χ2v) is 8.50. The quantitative estimate of drug-likeness (QED) is 0.846. The summed E-state index contributed by atoms with van der Waals surface area (Å²) in [6.45, 7) is 0. The summed E-state index contributed by atoms with van der Waals surface area (Å²) in [7, 11) is 0. The highest BCUT2D eigenvalue weighted by molar-refractivity contribution is 7.99. The van der Waals surface area contributed by atoms with Crippen LogP contribution in [0.25, 0.3) is 0 Å². The van der Waals surface area contributed by atoms with Crippen molar-refractivity contribution in [2.75, 3.05) is 5.75 Å². The fraction of sp³-hybridized carbons (Fsp3) is 0.579. The third-order valence-corrected chi connectivity index (χ3v) is 6.95. The smallest absolute Gasteiger partial charge is 0.243 e. The molecule has 3 aliphatic rings. The van der Waals surface area contributed by atoms with Crippen molar-refractivity contribution in [2.24, 2.45) is 5.73 Å². The van der Waals surface area contributed by atoms with Gasteiger partial charge in [0, 0.05) is 0 Å². The maximum atomic E-state index is 13.0. The molecule has 4 rings (SSSR count). The minimum Gasteiger partial charge on any atom is -0.347 e. The van der Waals surface area contributed by atoms with Crippen molar-refractivity contribution in [2.45, 2.75) is 62.0 Å². The molecule has 1 aromatic rings. The van der Waals surface area contributed by atoms with Crippen LogP contribution in [-0.4, -0.2) is 39.9 Å². The van der Waals surface area contributed by atoms with Crippen molar-refractivity contribution < 1.29 is 9.59 Å². The Bertz CT molecular complexity index is 680. The Labute approximate surface area is 152 Å². The number of rotatable bonds is 2. The SMILES string of the molecule is N[C@H]1CCS[C@H]2CCC(C(=O)N[C@@H]3CCCc4ccccc43)N2C1=O. The van der Waals surface area contributed by atoms with Crippen LogP contribution in [0.5, 0.6) is 0 Å². The summed E-state index contributed by atoms with van der Waals surface area (Å²) in [4.78, 5) is 27.4. The molecule has 2 amide bonds. The van der Waals surface area contributed by atoms with Crippen molar-refractivity contribution in [3.8, 4) is 0 Å². The van der Waals surface area contributed by atoms with Crippen LogP contribution in [0.2, 0.25) is 0 Å². The molecule has 25 heavy (non-hydrogen) atoms. The molecule has 1 aromatic carbocycles. The number of amides is 2. The van der Waals surface area contributed by atoms with Gasteiger partial charge in [0.2, 0.25) is 11.8 Å². The molecule has 0 aromatic heterocycles. The molecule has 3 N–H and O–H groups in total. The summed E-state index contributed by atoms with van der Waals surface area (Å²) in [5, 5.41) is 3.33. The van der Waals surface area contributed by atoms with E-state index in [2.05, 4.69) is 23.5 Å². The molecule has 0 spiro atoms. The van der Waals surface area contributed by atoms with Crippen LogP contribution >= 0.6 is 11.8 Å². The zero-order chi connectivity index (χ0) is 17.4. The average molecular weight is 359 g/mol. The van der Waals surface area contributed by atoms with Crippen LogP contribution in [0.1, 0.15) is 49.3 Å². The summed E-state index contributed by atoms with van der Waals surface area (Å²) in [6.07, 6.45) is 5.42. The fourth-order valence-corrected chi connectivity index (χ4v) is 5.69. The zero-order valence-corrected chi connectivity index (χ0v) is 15.1. The maximum absolute atomic E-state index is 13.0. The van der Waals surface area contributed by atoms with E-state index in [1.54, 1.807) is 16.7 Å². The van der Waals surface area contributed by atoms with Crippen molar-refractivity contribution in [1.82, 2.24) is 10.2 Å². The number of nitrogens with zero attached hydrogens (tertiary/aromatic N) is 1. The number of carbonyl (C=O) groups excluding carboxylic acids is 2. The summed E-state index contributed by atoms with van der Waals surface area (Å²) in [5.41, 5.74) is 8.56. The number of nitrogens with two attached hydrogens (primary N) is 1. The van der Waals surface area contributed by atoms with Gasteiger partial charge in [-0.15, -0.1) is 11.8 Å². The first-order chi connectivity index (χ1) is 12.1. The van der Waals surface area contributed by atoms with Crippen LogP contribution in [-0.2, 0) is 16.0 Å². The molecule has 4 atom stereocenters. The summed E-state index contributed by atoms with van der Waals surface area (Å²) >= 11 is 1.76. The molecule has 2 fully saturated rings. The molecule has 2 saturated heterocycles. The Morgan fingerprint density at radius 1 is 1.20 bits per heavy atom. The number of aryl methyl sites for hydroxylation is 1. The first-order valence-electron chi connectivity index (χ1n) is 9.22. The van der Waals surface area contributed by atoms with E-state index in [1.807, 2.05) is 6.07 Å². The number of thioether (sulfide) groups is 1. The highest BCUT2D eigenvalue weighted by Gasteiger charge is 2.44. The van der Waals surface area contributed by atoms with Crippen LogP contribution < -0.4 is 11.1 Å². The van der Waals surface area contributed by atoms with Gasteiger partial charge in [-0.3, -0.25) is 9.59 Å². The van der Waals surface area contributed by atoms with Gasteiger partial charge in [-0.05, 0) is 55.4 Å². The van der Waals surface area contributed by atoms with Gasteiger partial charge in [0.25, 0.3) is 0 Å². The second-order valence-electron chi connectivity index (χ2n) is 7.21. The maximum Gasteiger partial charge on any atom is 0.243 e. The lowest BCUT2D eigenvalue weighted by atomic mass is 9.87. The molecule has 1 unspecified atom stereocenters. The molecule has 2 heterocycles. The van der Waals surface area contributed by atoms with Gasteiger partial charge in [0.15, 0.2) is 0 Å². The van der Waals surface area contributed by atoms with E-state index in [-0.39, 0.29) is 29.3 Å². The van der Waals surface area contributed by atoms with Crippen molar-refractivity contribution in [3.63, 3.8) is 0 Å². The number of carbonyl (C=O) groups is 2. The predicted molar refractivity (Wildman–Crippen MR) is 99.0 cm³/mol. The second kappa shape index (κ2) is 7.00. The number of hydrogen-bond donors (Lipinski definition) is 2. The largest absolute Gasteiger partial charge is 0.347 e. The lowest BCUT2D eigenvalue weighted by Crippen LogP contribution is -2.52. The Balaban J connectivity index is 1.51. The molecular weight excluding hydrogens is 334 g/mol. The number of hydrogen-bond acceptors (Lipinski definition) is 4. The van der Waals surface area contributed by atoms with Crippen molar-refractivity contribution in [1.29, 1.82) is 0 Å². The van der Waals surface area contributed by atoms with Gasteiger partial charge >= 0.3 is 0 Å². The summed E-state index contributed by atoms with van der Waals surface area (Å²) in [5.74, 6) is 0.808. The minimum absolute atomic E-state index is 0.0211. The van der Waals surface area contributed by atoms with E-state index in [1.165, 1.54) is 11.1 Å². The average Bonchev–Trinajstić information content (AvgIpc) is 2.99. The van der Waals surface area contributed by atoms with Crippen LogP contribution in [0.4, 0.5) is 0 Å². The van der Waals surface area contributed by atoms with Gasteiger partial charge in [-0.2, -0.15) is 0 Å². The highest BCUT2D eigenvalue weighted by Crippen LogP contribution is 2.36. The Morgan fingerprint density at radius 3 is 2.92 bits per heavy atom. The van der Waals surface area contributed by atoms with Crippen LogP contribution in [0.3, 0.4) is 0 Å². The summed E-state index contributed by atoms with van der Waals surface area (Å²) in [6, 6.07) is 7.55. The molecule has 0 saturated carbocycles. The Hall–Kier alpha value is -1.53. The third kappa shape index (κ3) is 3.17. The van der Waals surface area contributed by atoms with Gasteiger partial charge in [0.05, 0.1) is 17.5 Å². The van der Waals surface area contributed by atoms with E-state index in [9.17, 15) is 9.59 Å². The Morgan fingerprint density at radius 2 is 2.04 bits per heavy atom. The normalized spacial score (nSPS) is 31.9. The lowest BCUT2D eigenvalue weighted by molar-refractivity contribution is -0.140. The first kappa shape index (κ1) is 16.9. The van der Waals surface area contributed by atoms with E-state index < -0.39 is 6.04 Å². The minimum atomic E-state index is -0.471. The Kier molecular flexibility index (Phi) is 4.73. The van der Waals surface area contributed by atoms with Gasteiger partial charge in [-0.1, -0.05) is 24.3 Å². The van der Waals surface area contributed by atoms with Crippen LogP contribution in [0.15, 0.2) is 24.3 Å². The monoisotopic (exact) mass is 359 g/mol. The standard InChI is InChI=1S/C19H25N3O2S/c20-14-10-11-25-17-9-8-16(22(17)19(14)24)18(23)21-15-7-3-5-12-4-1-2-6-13(12)15/h1-2,4,6,14-17H,3,5,7-11,20H2,(H,21,23)/t14-,15+,16?,17-/m0/s1. The predicted octanol–water partition coefficient (Wildman–Crippen LogP) is 1.96. The van der Waals surface area contributed by atoms with E-state index in [0.717, 1.165) is 37.9 Å². The fourth-order valence-electron chi connectivity index (χ4n) is 4.31. The number of benzene rings is 1. The van der Waals surface area contributed by atoms with Gasteiger partial charge in [0.1, 0.15) is 6.04 Å². The van der Waals surface area contributed by atoms with Crippen molar-refractivity contribution >= 4 is 23.6 Å². The third-order valence-electron chi connectivity index (χ3n) is 5.63. The summed E-state index contributed by atoms with van der Waals surface area (Å²) < 4.78 is 0. The molecule has 134 valence electrons. The molecule has 0 bridgehead atoms. The highest BCUT2D eigenvalue weighted by atomic mass is 32.2. The van der Waals surface area contributed by atoms with Crippen LogP contribution in [0, 0.1) is 0 Å². The van der Waals surface area contributed by atoms with Gasteiger partial charge in [-0.25, -0.2) is 0 Å². The van der Waals surface area contributed by atoms with E-state index in [0.29, 0.717) is 6.42 Å². The first-order valence-corrected chi connectivity index (χ1v) is 10.3. The number of nitrogens with one attached hydrogen (secondary N) is 1. The van der Waals surface area contributed by atoms with Crippen molar-refractivity contribution in [3.05, 3.63) is 35.4 Å². The molecular formula is C19H25N3O2S. The number of fused-ring (bicyclic) bond motifs is 2.